The van der Waals surface area contributed by atoms with Crippen LogP contribution in [0.2, 0.25) is 0 Å². The highest BCUT2D eigenvalue weighted by Gasteiger charge is 2.17. The van der Waals surface area contributed by atoms with Crippen molar-refractivity contribution in [1.82, 2.24) is 0 Å². The second kappa shape index (κ2) is 3.33. The second-order valence-corrected chi connectivity index (χ2v) is 10.3. The quantitative estimate of drug-likeness (QED) is 0.644. The van der Waals surface area contributed by atoms with Crippen LogP contribution in [-0.4, -0.2) is 18.3 Å². The van der Waals surface area contributed by atoms with E-state index in [0.717, 1.165) is 12.2 Å². The molecule has 0 amide bonds. The molecule has 0 atom stereocenters. The van der Waals surface area contributed by atoms with Crippen LogP contribution >= 0.6 is 9.53 Å². The number of thiol groups is 1. The zero-order chi connectivity index (χ0) is 9.97. The number of hydrogen-bond donors (Lipinski definition) is 3. The van der Waals surface area contributed by atoms with E-state index in [9.17, 15) is 0 Å². The molecule has 3 heteroatoms. The van der Waals surface area contributed by atoms with Crippen molar-refractivity contribution in [2.75, 3.05) is 18.3 Å². The minimum atomic E-state index is -2.30. The van der Waals surface area contributed by atoms with Gasteiger partial charge in [-0.2, -0.15) is 0 Å². The molecule has 0 aliphatic rings. The summed E-state index contributed by atoms with van der Waals surface area (Å²) < 4.78 is 0. The summed E-state index contributed by atoms with van der Waals surface area (Å²) >= 11 is 0. The smallest absolute Gasteiger partial charge is 0.0131 e. The summed E-state index contributed by atoms with van der Waals surface area (Å²) in [5.41, 5.74) is 1.32. The number of nitrogens with two attached hydrogens (primary N) is 2. The van der Waals surface area contributed by atoms with E-state index in [-0.39, 0.29) is 0 Å². The summed E-state index contributed by atoms with van der Waals surface area (Å²) in [6, 6.07) is 10.3. The van der Waals surface area contributed by atoms with Crippen LogP contribution in [0.3, 0.4) is 0 Å². The van der Waals surface area contributed by atoms with Crippen molar-refractivity contribution in [3.05, 3.63) is 35.9 Å². The van der Waals surface area contributed by atoms with Crippen molar-refractivity contribution in [1.29, 1.82) is 0 Å². The molecule has 0 saturated carbocycles. The van der Waals surface area contributed by atoms with Crippen LogP contribution in [0.1, 0.15) is 5.56 Å². The molecule has 0 saturated heterocycles. The lowest BCUT2D eigenvalue weighted by Gasteiger charge is -2.47. The third-order valence-corrected chi connectivity index (χ3v) is 3.58. The minimum absolute atomic E-state index is 0.912. The summed E-state index contributed by atoms with van der Waals surface area (Å²) in [4.78, 5) is 0. The molecule has 0 bridgehead atoms. The Morgan fingerprint density at radius 3 is 2.08 bits per heavy atom. The van der Waals surface area contributed by atoms with Gasteiger partial charge in [0.1, 0.15) is 0 Å². The van der Waals surface area contributed by atoms with E-state index in [1.165, 1.54) is 5.56 Å². The summed E-state index contributed by atoms with van der Waals surface area (Å²) in [6.07, 6.45) is 4.97. The normalized spacial score (nSPS) is 14.9. The monoisotopic (exact) mass is 200 g/mol. The van der Waals surface area contributed by atoms with Gasteiger partial charge in [-0.15, -0.1) is 0 Å². The molecule has 1 rings (SSSR count). The van der Waals surface area contributed by atoms with Crippen LogP contribution < -0.4 is 10.3 Å². The molecule has 2 nitrogen and oxygen atoms in total. The van der Waals surface area contributed by atoms with Crippen molar-refractivity contribution >= 4 is 9.53 Å². The maximum atomic E-state index is 6.03. The minimum Gasteiger partial charge on any atom is -0.300 e. The van der Waals surface area contributed by atoms with Crippen molar-refractivity contribution in [3.63, 3.8) is 0 Å². The lowest BCUT2D eigenvalue weighted by atomic mass is 10.2. The molecule has 0 aliphatic heterocycles. The van der Waals surface area contributed by atoms with Crippen LogP contribution in [0, 0.1) is 0 Å². The molecule has 0 radical (unpaired) electrons. The van der Waals surface area contributed by atoms with E-state index < -0.39 is 9.53 Å². The Hall–Kier alpha value is -0.510. The first kappa shape index (κ1) is 10.6. The Balaban J connectivity index is 2.54. The number of hydrogen-bond acceptors (Lipinski definition) is 2. The molecule has 0 unspecified atom stereocenters. The van der Waals surface area contributed by atoms with Gasteiger partial charge in [0.05, 0.1) is 0 Å². The number of aryl methyl sites for hydroxylation is 1. The summed E-state index contributed by atoms with van der Waals surface area (Å²) in [6.45, 7) is 0. The SMILES string of the molecule is C[SH](C)(N)(N)CCc1ccccc1. The van der Waals surface area contributed by atoms with Gasteiger partial charge in [0.25, 0.3) is 0 Å². The molecule has 13 heavy (non-hydrogen) atoms. The average molecular weight is 200 g/mol. The van der Waals surface area contributed by atoms with Crippen molar-refractivity contribution in [2.24, 2.45) is 10.3 Å². The molecular weight excluding hydrogens is 180 g/mol. The fourth-order valence-electron chi connectivity index (χ4n) is 1.13. The number of rotatable bonds is 3. The number of benzene rings is 1. The Morgan fingerprint density at radius 1 is 1.08 bits per heavy atom. The fraction of sp³-hybridized carbons (Fsp3) is 0.400. The van der Waals surface area contributed by atoms with Gasteiger partial charge in [0.2, 0.25) is 0 Å². The van der Waals surface area contributed by atoms with Gasteiger partial charge < -0.3 is 10.3 Å². The Labute approximate surface area is 80.9 Å². The summed E-state index contributed by atoms with van der Waals surface area (Å²) in [5, 5.41) is 12.1. The van der Waals surface area contributed by atoms with E-state index >= 15 is 0 Å². The second-order valence-electron chi connectivity index (χ2n) is 4.59. The van der Waals surface area contributed by atoms with E-state index in [4.69, 9.17) is 10.3 Å². The summed E-state index contributed by atoms with van der Waals surface area (Å²) in [5.74, 6) is 0.912. The Kier molecular flexibility index (Phi) is 2.71. The molecule has 1 aromatic carbocycles. The lowest BCUT2D eigenvalue weighted by molar-refractivity contribution is 1.13. The van der Waals surface area contributed by atoms with E-state index in [2.05, 4.69) is 12.1 Å². The van der Waals surface area contributed by atoms with Crippen molar-refractivity contribution in [2.45, 2.75) is 6.42 Å². The predicted molar refractivity (Wildman–Crippen MR) is 64.2 cm³/mol. The molecule has 0 fully saturated rings. The third kappa shape index (κ3) is 4.93. The first-order valence-corrected chi connectivity index (χ1v) is 7.95. The van der Waals surface area contributed by atoms with E-state index in [1.54, 1.807) is 0 Å². The van der Waals surface area contributed by atoms with Gasteiger partial charge in [0.15, 0.2) is 0 Å². The van der Waals surface area contributed by atoms with Crippen LogP contribution in [0.15, 0.2) is 30.3 Å². The van der Waals surface area contributed by atoms with Crippen molar-refractivity contribution in [3.8, 4) is 0 Å². The topological polar surface area (TPSA) is 52.0 Å². The Morgan fingerprint density at radius 2 is 1.62 bits per heavy atom. The first-order valence-electron chi connectivity index (χ1n) is 4.49. The summed E-state index contributed by atoms with van der Waals surface area (Å²) in [7, 11) is -2.30. The van der Waals surface area contributed by atoms with Gasteiger partial charge in [-0.25, -0.2) is 9.53 Å². The van der Waals surface area contributed by atoms with Gasteiger partial charge >= 0.3 is 0 Å². The first-order chi connectivity index (χ1) is 5.83. The lowest BCUT2D eigenvalue weighted by Crippen LogP contribution is -2.37. The van der Waals surface area contributed by atoms with E-state index in [0.29, 0.717) is 0 Å². The zero-order valence-electron chi connectivity index (χ0n) is 8.40. The van der Waals surface area contributed by atoms with Crippen LogP contribution in [0.25, 0.3) is 0 Å². The van der Waals surface area contributed by atoms with E-state index in [1.807, 2.05) is 30.7 Å². The molecule has 0 aromatic heterocycles. The maximum Gasteiger partial charge on any atom is -0.0131 e. The largest absolute Gasteiger partial charge is 0.300 e. The highest BCUT2D eigenvalue weighted by Crippen LogP contribution is 2.45. The third-order valence-electron chi connectivity index (χ3n) is 1.95. The van der Waals surface area contributed by atoms with Gasteiger partial charge in [-0.05, 0) is 30.2 Å². The predicted octanol–water partition coefficient (Wildman–Crippen LogP) is 1.31. The molecule has 4 N–H and O–H groups in total. The molecular formula is C10H20N2S. The average Bonchev–Trinajstić information content (AvgIpc) is 2.01. The highest BCUT2D eigenvalue weighted by atomic mass is 32.3. The van der Waals surface area contributed by atoms with Crippen LogP contribution in [0.5, 0.6) is 0 Å². The molecule has 0 spiro atoms. The maximum absolute atomic E-state index is 6.03. The fourth-order valence-corrected chi connectivity index (χ4v) is 2.09. The van der Waals surface area contributed by atoms with Gasteiger partial charge in [0, 0.05) is 0 Å². The van der Waals surface area contributed by atoms with Gasteiger partial charge in [-0.1, -0.05) is 30.3 Å². The Bertz CT molecular complexity index is 265. The molecule has 76 valence electrons. The van der Waals surface area contributed by atoms with Gasteiger partial charge in [-0.3, -0.25) is 0 Å². The van der Waals surface area contributed by atoms with Crippen LogP contribution in [0.4, 0.5) is 0 Å². The van der Waals surface area contributed by atoms with Crippen LogP contribution in [-0.2, 0) is 6.42 Å². The molecule has 0 heterocycles. The molecule has 1 aromatic rings. The zero-order valence-corrected chi connectivity index (χ0v) is 9.30. The van der Waals surface area contributed by atoms with Crippen molar-refractivity contribution < 1.29 is 0 Å². The molecule has 0 aliphatic carbocycles. The standard InChI is InChI=1S/C10H20N2S/c1-13(2,11,12)9-8-10-6-4-3-5-7-10/h3-7,13H,8-9,11-12H2,1-2H3. The highest BCUT2D eigenvalue weighted by molar-refractivity contribution is 8.45.